The van der Waals surface area contributed by atoms with Crippen LogP contribution in [0.5, 0.6) is 0 Å². The van der Waals surface area contributed by atoms with Crippen molar-refractivity contribution in [2.75, 3.05) is 0 Å². The van der Waals surface area contributed by atoms with Crippen molar-refractivity contribution < 1.29 is 9.21 Å². The van der Waals surface area contributed by atoms with E-state index < -0.39 is 0 Å². The Labute approximate surface area is 119 Å². The van der Waals surface area contributed by atoms with Crippen LogP contribution in [-0.2, 0) is 0 Å². The first kappa shape index (κ1) is 12.9. The largest absolute Gasteiger partial charge is 0.467 e. The Kier molecular flexibility index (Phi) is 4.06. The van der Waals surface area contributed by atoms with Gasteiger partial charge in [0.15, 0.2) is 0 Å². The van der Waals surface area contributed by atoms with Gasteiger partial charge in [-0.05, 0) is 57.0 Å². The summed E-state index contributed by atoms with van der Waals surface area (Å²) < 4.78 is 7.03. The van der Waals surface area contributed by atoms with Crippen LogP contribution in [0.4, 0.5) is 0 Å². The van der Waals surface area contributed by atoms with Crippen LogP contribution in [0.2, 0.25) is 0 Å². The van der Waals surface area contributed by atoms with Crippen LogP contribution in [0.15, 0.2) is 37.1 Å². The summed E-state index contributed by atoms with van der Waals surface area (Å²) in [5.41, 5.74) is 0. The quantitative estimate of drug-likeness (QED) is 0.862. The molecule has 0 radical (unpaired) electrons. The lowest BCUT2D eigenvalue weighted by atomic mass is 10.2. The van der Waals surface area contributed by atoms with Gasteiger partial charge >= 0.3 is 0 Å². The minimum absolute atomic E-state index is 0.106. The van der Waals surface area contributed by atoms with Crippen LogP contribution in [0, 0.1) is 0 Å². The number of carbonyl (C=O) groups excluding carboxylic acids is 1. The van der Waals surface area contributed by atoms with Gasteiger partial charge in [-0.3, -0.25) is 4.79 Å². The maximum Gasteiger partial charge on any atom is 0.262 e. The smallest absolute Gasteiger partial charge is 0.262 e. The molecule has 0 bridgehead atoms. The van der Waals surface area contributed by atoms with Crippen LogP contribution in [0.25, 0.3) is 0 Å². The zero-order valence-electron chi connectivity index (χ0n) is 8.87. The normalized spacial score (nSPS) is 12.4. The Bertz CT molecular complexity index is 502. The van der Waals surface area contributed by atoms with Gasteiger partial charge in [0.1, 0.15) is 5.76 Å². The highest BCUT2D eigenvalue weighted by Gasteiger charge is 2.16. The van der Waals surface area contributed by atoms with E-state index in [0.717, 1.165) is 14.0 Å². The number of rotatable bonds is 3. The van der Waals surface area contributed by atoms with E-state index in [4.69, 9.17) is 4.42 Å². The molecule has 0 aliphatic carbocycles. The monoisotopic (exact) mass is 377 g/mol. The lowest BCUT2D eigenvalue weighted by Gasteiger charge is -2.09. The molecule has 2 heterocycles. The molecule has 6 heteroatoms. The number of carbonyl (C=O) groups is 1. The molecule has 0 aliphatic rings. The van der Waals surface area contributed by atoms with E-state index in [1.807, 2.05) is 13.0 Å². The van der Waals surface area contributed by atoms with Gasteiger partial charge in [0, 0.05) is 4.47 Å². The molecule has 0 fully saturated rings. The first-order chi connectivity index (χ1) is 8.08. The fourth-order valence-corrected chi connectivity index (χ4v) is 3.27. The molecule has 1 amide bonds. The highest BCUT2D eigenvalue weighted by atomic mass is 79.9. The molecule has 0 saturated heterocycles. The van der Waals surface area contributed by atoms with E-state index in [9.17, 15) is 4.79 Å². The Morgan fingerprint density at radius 1 is 1.53 bits per heavy atom. The number of amides is 1. The van der Waals surface area contributed by atoms with Gasteiger partial charge in [0.05, 0.1) is 21.0 Å². The zero-order chi connectivity index (χ0) is 12.4. The van der Waals surface area contributed by atoms with Gasteiger partial charge in [-0.15, -0.1) is 11.3 Å². The molecule has 0 spiro atoms. The van der Waals surface area contributed by atoms with Crippen molar-refractivity contribution in [3.8, 4) is 0 Å². The maximum atomic E-state index is 11.9. The van der Waals surface area contributed by atoms with Crippen LogP contribution in [0.1, 0.15) is 28.4 Å². The van der Waals surface area contributed by atoms with E-state index in [-0.39, 0.29) is 11.9 Å². The molecule has 3 nitrogen and oxygen atoms in total. The standard InChI is InChI=1S/C11H9Br2NO2S/c1-6(8-3-2-4-16-8)14-11(15)9-5-7(12)10(13)17-9/h2-6H,1H3,(H,14,15). The third kappa shape index (κ3) is 3.00. The molecular formula is C11H9Br2NO2S. The molecule has 0 aliphatic heterocycles. The second-order valence-electron chi connectivity index (χ2n) is 3.44. The maximum absolute atomic E-state index is 11.9. The van der Waals surface area contributed by atoms with Gasteiger partial charge in [0.2, 0.25) is 0 Å². The predicted octanol–water partition coefficient (Wildman–Crippen LogP) is 4.36. The van der Waals surface area contributed by atoms with E-state index in [2.05, 4.69) is 37.2 Å². The van der Waals surface area contributed by atoms with Crippen molar-refractivity contribution in [3.05, 3.63) is 43.4 Å². The average molecular weight is 379 g/mol. The molecule has 0 aromatic carbocycles. The fraction of sp³-hybridized carbons (Fsp3) is 0.182. The lowest BCUT2D eigenvalue weighted by molar-refractivity contribution is 0.0939. The van der Waals surface area contributed by atoms with Crippen LogP contribution < -0.4 is 5.32 Å². The van der Waals surface area contributed by atoms with E-state index >= 15 is 0 Å². The van der Waals surface area contributed by atoms with Crippen molar-refractivity contribution >= 4 is 49.1 Å². The van der Waals surface area contributed by atoms with Gasteiger partial charge in [0.25, 0.3) is 5.91 Å². The van der Waals surface area contributed by atoms with Crippen LogP contribution in [-0.4, -0.2) is 5.91 Å². The number of halogens is 2. The first-order valence-corrected chi connectivity index (χ1v) is 7.27. The first-order valence-electron chi connectivity index (χ1n) is 4.87. The summed E-state index contributed by atoms with van der Waals surface area (Å²) in [6, 6.07) is 5.29. The summed E-state index contributed by atoms with van der Waals surface area (Å²) in [5, 5.41) is 2.88. The summed E-state index contributed by atoms with van der Waals surface area (Å²) >= 11 is 8.11. The molecule has 2 aromatic heterocycles. The number of thiophene rings is 1. The average Bonchev–Trinajstić information content (AvgIpc) is 2.89. The molecule has 90 valence electrons. The lowest BCUT2D eigenvalue weighted by Crippen LogP contribution is -2.25. The molecule has 0 saturated carbocycles. The Balaban J connectivity index is 2.07. The zero-order valence-corrected chi connectivity index (χ0v) is 12.9. The Morgan fingerprint density at radius 3 is 2.82 bits per heavy atom. The SMILES string of the molecule is CC(NC(=O)c1cc(Br)c(Br)s1)c1ccco1. The Morgan fingerprint density at radius 2 is 2.29 bits per heavy atom. The molecule has 17 heavy (non-hydrogen) atoms. The van der Waals surface area contributed by atoms with Gasteiger partial charge in [-0.1, -0.05) is 0 Å². The second kappa shape index (κ2) is 5.37. The number of hydrogen-bond acceptors (Lipinski definition) is 3. The topological polar surface area (TPSA) is 42.2 Å². The van der Waals surface area contributed by atoms with E-state index in [0.29, 0.717) is 4.88 Å². The van der Waals surface area contributed by atoms with Crippen molar-refractivity contribution in [2.45, 2.75) is 13.0 Å². The third-order valence-electron chi connectivity index (χ3n) is 2.19. The molecule has 2 rings (SSSR count). The van der Waals surface area contributed by atoms with Gasteiger partial charge < -0.3 is 9.73 Å². The molecular weight excluding hydrogens is 370 g/mol. The molecule has 1 atom stereocenters. The Hall–Kier alpha value is -0.590. The van der Waals surface area contributed by atoms with Crippen molar-refractivity contribution in [3.63, 3.8) is 0 Å². The highest BCUT2D eigenvalue weighted by Crippen LogP contribution is 2.32. The number of hydrogen-bond donors (Lipinski definition) is 1. The minimum atomic E-state index is -0.142. The fourth-order valence-electron chi connectivity index (χ4n) is 1.34. The summed E-state index contributed by atoms with van der Waals surface area (Å²) in [6.07, 6.45) is 1.59. The van der Waals surface area contributed by atoms with Crippen LogP contribution in [0.3, 0.4) is 0 Å². The van der Waals surface area contributed by atoms with Crippen molar-refractivity contribution in [1.29, 1.82) is 0 Å². The van der Waals surface area contributed by atoms with Gasteiger partial charge in [-0.2, -0.15) is 0 Å². The summed E-state index contributed by atoms with van der Waals surface area (Å²) in [4.78, 5) is 12.6. The van der Waals surface area contributed by atoms with Crippen molar-refractivity contribution in [1.82, 2.24) is 5.32 Å². The second-order valence-corrected chi connectivity index (χ2v) is 6.67. The predicted molar refractivity (Wildman–Crippen MR) is 74.3 cm³/mol. The number of furan rings is 1. The third-order valence-corrected chi connectivity index (χ3v) is 5.44. The highest BCUT2D eigenvalue weighted by molar-refractivity contribution is 9.13. The molecule has 1 N–H and O–H groups in total. The van der Waals surface area contributed by atoms with E-state index in [1.165, 1.54) is 11.3 Å². The van der Waals surface area contributed by atoms with Gasteiger partial charge in [-0.25, -0.2) is 0 Å². The van der Waals surface area contributed by atoms with E-state index in [1.54, 1.807) is 18.4 Å². The van der Waals surface area contributed by atoms with Crippen LogP contribution >= 0.6 is 43.2 Å². The minimum Gasteiger partial charge on any atom is -0.467 e. The van der Waals surface area contributed by atoms with Crippen molar-refractivity contribution in [2.24, 2.45) is 0 Å². The molecule has 1 unspecified atom stereocenters. The number of nitrogens with one attached hydrogen (secondary N) is 1. The molecule has 2 aromatic rings. The summed E-state index contributed by atoms with van der Waals surface area (Å²) in [5.74, 6) is 0.637. The summed E-state index contributed by atoms with van der Waals surface area (Å²) in [7, 11) is 0. The summed E-state index contributed by atoms with van der Waals surface area (Å²) in [6.45, 7) is 1.88.